The first kappa shape index (κ1) is 14.0. The van der Waals surface area contributed by atoms with Crippen LogP contribution in [0.2, 0.25) is 0 Å². The number of tetrazole rings is 1. The van der Waals surface area contributed by atoms with E-state index in [0.29, 0.717) is 11.5 Å². The molecule has 0 spiro atoms. The van der Waals surface area contributed by atoms with Crippen LogP contribution in [0.15, 0.2) is 73.1 Å². The molecule has 3 aromatic heterocycles. The number of pyridine rings is 2. The fourth-order valence-electron chi connectivity index (χ4n) is 2.18. The van der Waals surface area contributed by atoms with E-state index in [1.807, 2.05) is 60.7 Å². The van der Waals surface area contributed by atoms with Gasteiger partial charge in [0.2, 0.25) is 5.82 Å². The Morgan fingerprint density at radius 3 is 2.29 bits per heavy atom. The van der Waals surface area contributed by atoms with Crippen LogP contribution in [0.25, 0.3) is 17.2 Å². The molecule has 0 aliphatic rings. The number of aromatic nitrogens is 6. The lowest BCUT2D eigenvalue weighted by atomic mass is 10.3. The van der Waals surface area contributed by atoms with Crippen LogP contribution in [-0.2, 0) is 0 Å². The molecule has 1 aromatic carbocycles. The molecule has 0 unspecified atom stereocenters. The summed E-state index contributed by atoms with van der Waals surface area (Å²) < 4.78 is 0. The summed E-state index contributed by atoms with van der Waals surface area (Å²) in [5, 5.41) is 15.7. The van der Waals surface area contributed by atoms with Gasteiger partial charge in [-0.1, -0.05) is 12.1 Å². The quantitative estimate of drug-likeness (QED) is 0.623. The van der Waals surface area contributed by atoms with Gasteiger partial charge in [-0.25, -0.2) is 4.98 Å². The van der Waals surface area contributed by atoms with Gasteiger partial charge < -0.3 is 5.32 Å². The molecule has 116 valence electrons. The molecule has 7 nitrogen and oxygen atoms in total. The molecule has 0 amide bonds. The third-order valence-corrected chi connectivity index (χ3v) is 3.34. The molecule has 0 aliphatic heterocycles. The summed E-state index contributed by atoms with van der Waals surface area (Å²) in [6.45, 7) is 0. The molecule has 1 N–H and O–H groups in total. The molecule has 0 fully saturated rings. The molecule has 3 heterocycles. The first-order valence-corrected chi connectivity index (χ1v) is 7.38. The molecule has 0 saturated carbocycles. The van der Waals surface area contributed by atoms with Crippen LogP contribution in [0.3, 0.4) is 0 Å². The van der Waals surface area contributed by atoms with Crippen molar-refractivity contribution in [2.24, 2.45) is 0 Å². The third kappa shape index (κ3) is 2.95. The van der Waals surface area contributed by atoms with Gasteiger partial charge >= 0.3 is 0 Å². The average Bonchev–Trinajstić information content (AvgIpc) is 3.14. The first-order valence-electron chi connectivity index (χ1n) is 7.38. The molecular weight excluding hydrogens is 302 g/mol. The second-order valence-corrected chi connectivity index (χ2v) is 5.00. The van der Waals surface area contributed by atoms with Crippen LogP contribution in [0.1, 0.15) is 0 Å². The molecule has 7 heteroatoms. The molecule has 4 rings (SSSR count). The van der Waals surface area contributed by atoms with Crippen molar-refractivity contribution in [2.75, 3.05) is 5.32 Å². The number of anilines is 2. The highest BCUT2D eigenvalue weighted by Crippen LogP contribution is 2.17. The molecule has 0 saturated heterocycles. The largest absolute Gasteiger partial charge is 0.340 e. The molecule has 0 aliphatic carbocycles. The van der Waals surface area contributed by atoms with E-state index >= 15 is 0 Å². The molecule has 0 atom stereocenters. The minimum atomic E-state index is 0.492. The highest BCUT2D eigenvalue weighted by Gasteiger charge is 2.08. The lowest BCUT2D eigenvalue weighted by Crippen LogP contribution is -1.99. The van der Waals surface area contributed by atoms with E-state index in [0.717, 1.165) is 17.2 Å². The Labute approximate surface area is 138 Å². The monoisotopic (exact) mass is 315 g/mol. The smallest absolute Gasteiger partial charge is 0.223 e. The number of hydrogen-bond acceptors (Lipinski definition) is 6. The van der Waals surface area contributed by atoms with E-state index in [-0.39, 0.29) is 0 Å². The van der Waals surface area contributed by atoms with Crippen molar-refractivity contribution in [3.8, 4) is 17.2 Å². The Morgan fingerprint density at radius 1 is 0.792 bits per heavy atom. The van der Waals surface area contributed by atoms with Crippen molar-refractivity contribution >= 4 is 11.5 Å². The van der Waals surface area contributed by atoms with Crippen molar-refractivity contribution in [3.63, 3.8) is 0 Å². The maximum Gasteiger partial charge on any atom is 0.223 e. The van der Waals surface area contributed by atoms with E-state index < -0.39 is 0 Å². The predicted octanol–water partition coefficient (Wildman–Crippen LogP) is 2.86. The standard InChI is InChI=1S/C17H13N7/c1-3-11-18-15(5-1)17-21-23-24(22-17)14-9-7-13(8-10-14)20-16-6-2-4-12-19-16/h1-12H,(H,19,20). The van der Waals surface area contributed by atoms with Crippen molar-refractivity contribution in [1.29, 1.82) is 0 Å². The Hall–Kier alpha value is -3.61. The molecule has 4 aromatic rings. The summed E-state index contributed by atoms with van der Waals surface area (Å²) in [7, 11) is 0. The number of rotatable bonds is 4. The summed E-state index contributed by atoms with van der Waals surface area (Å²) >= 11 is 0. The molecule has 0 bridgehead atoms. The Bertz CT molecular complexity index is 918. The molecular formula is C17H13N7. The maximum absolute atomic E-state index is 4.36. The minimum Gasteiger partial charge on any atom is -0.340 e. The van der Waals surface area contributed by atoms with Gasteiger partial charge in [-0.15, -0.1) is 15.0 Å². The van der Waals surface area contributed by atoms with Gasteiger partial charge in [-0.05, 0) is 53.7 Å². The summed E-state index contributed by atoms with van der Waals surface area (Å²) in [6.07, 6.45) is 3.45. The predicted molar refractivity (Wildman–Crippen MR) is 89.9 cm³/mol. The maximum atomic E-state index is 4.36. The lowest BCUT2D eigenvalue weighted by Gasteiger charge is -2.05. The van der Waals surface area contributed by atoms with Crippen molar-refractivity contribution in [1.82, 2.24) is 30.2 Å². The minimum absolute atomic E-state index is 0.492. The molecule has 0 radical (unpaired) electrons. The fraction of sp³-hybridized carbons (Fsp3) is 0. The second-order valence-electron chi connectivity index (χ2n) is 5.00. The highest BCUT2D eigenvalue weighted by atomic mass is 15.6. The Kier molecular flexibility index (Phi) is 3.65. The zero-order valence-corrected chi connectivity index (χ0v) is 12.6. The number of nitrogens with one attached hydrogen (secondary N) is 1. The average molecular weight is 315 g/mol. The number of nitrogens with zero attached hydrogens (tertiary/aromatic N) is 6. The van der Waals surface area contributed by atoms with Gasteiger partial charge in [0.05, 0.1) is 5.69 Å². The number of hydrogen-bond donors (Lipinski definition) is 1. The number of benzene rings is 1. The van der Waals surface area contributed by atoms with Crippen LogP contribution < -0.4 is 5.32 Å². The SMILES string of the molecule is c1ccc(Nc2ccc(-n3nnc(-c4ccccn4)n3)cc2)nc1. The van der Waals surface area contributed by atoms with E-state index in [2.05, 4.69) is 30.7 Å². The van der Waals surface area contributed by atoms with Gasteiger partial charge in [-0.2, -0.15) is 0 Å². The van der Waals surface area contributed by atoms with Crippen LogP contribution in [0.4, 0.5) is 11.5 Å². The summed E-state index contributed by atoms with van der Waals surface area (Å²) in [5.74, 6) is 1.29. The summed E-state index contributed by atoms with van der Waals surface area (Å²) in [5.41, 5.74) is 2.44. The highest BCUT2D eigenvalue weighted by molar-refractivity contribution is 5.57. The zero-order chi connectivity index (χ0) is 16.2. The van der Waals surface area contributed by atoms with Gasteiger partial charge in [0.15, 0.2) is 0 Å². The van der Waals surface area contributed by atoms with Gasteiger partial charge in [0.25, 0.3) is 0 Å². The zero-order valence-electron chi connectivity index (χ0n) is 12.6. The lowest BCUT2D eigenvalue weighted by molar-refractivity contribution is 0.720. The second kappa shape index (κ2) is 6.25. The van der Waals surface area contributed by atoms with Gasteiger partial charge in [0.1, 0.15) is 11.5 Å². The van der Waals surface area contributed by atoms with E-state index in [1.165, 1.54) is 4.80 Å². The van der Waals surface area contributed by atoms with E-state index in [9.17, 15) is 0 Å². The topological polar surface area (TPSA) is 81.4 Å². The van der Waals surface area contributed by atoms with E-state index in [1.54, 1.807) is 12.4 Å². The molecule has 24 heavy (non-hydrogen) atoms. The first-order chi connectivity index (χ1) is 11.9. The summed E-state index contributed by atoms with van der Waals surface area (Å²) in [4.78, 5) is 9.94. The Balaban J connectivity index is 1.54. The third-order valence-electron chi connectivity index (χ3n) is 3.34. The summed E-state index contributed by atoms with van der Waals surface area (Å²) in [6, 6.07) is 19.0. The normalized spacial score (nSPS) is 10.5. The van der Waals surface area contributed by atoms with Crippen LogP contribution >= 0.6 is 0 Å². The van der Waals surface area contributed by atoms with Crippen molar-refractivity contribution < 1.29 is 0 Å². The van der Waals surface area contributed by atoms with Crippen molar-refractivity contribution in [3.05, 3.63) is 73.1 Å². The van der Waals surface area contributed by atoms with Gasteiger partial charge in [-0.3, -0.25) is 4.98 Å². The van der Waals surface area contributed by atoms with Crippen LogP contribution in [-0.4, -0.2) is 30.2 Å². The fourth-order valence-corrected chi connectivity index (χ4v) is 2.18. The van der Waals surface area contributed by atoms with Gasteiger partial charge in [0, 0.05) is 18.1 Å². The Morgan fingerprint density at radius 2 is 1.58 bits per heavy atom. The van der Waals surface area contributed by atoms with Crippen LogP contribution in [0, 0.1) is 0 Å². The van der Waals surface area contributed by atoms with E-state index in [4.69, 9.17) is 0 Å². The van der Waals surface area contributed by atoms with Crippen molar-refractivity contribution in [2.45, 2.75) is 0 Å². The van der Waals surface area contributed by atoms with Crippen LogP contribution in [0.5, 0.6) is 0 Å².